The number of carbonyl (C=O) groups is 3. The van der Waals surface area contributed by atoms with Gasteiger partial charge in [-0.05, 0) is 121 Å². The maximum absolute atomic E-state index is 14.9. The van der Waals surface area contributed by atoms with Crippen LogP contribution in [0.2, 0.25) is 0 Å². The van der Waals surface area contributed by atoms with Gasteiger partial charge in [-0.25, -0.2) is 0 Å². The van der Waals surface area contributed by atoms with Gasteiger partial charge < -0.3 is 25.8 Å². The first-order valence-electron chi connectivity index (χ1n) is 16.2. The molecular formula is C40H33F6N3O5. The number of hydrogen-bond donors (Lipinski definition) is 4. The van der Waals surface area contributed by atoms with Crippen LogP contribution in [0, 0.1) is 20.8 Å². The number of rotatable bonds is 9. The van der Waals surface area contributed by atoms with Crippen LogP contribution >= 0.6 is 0 Å². The maximum atomic E-state index is 14.9. The largest absolute Gasteiger partial charge is 0.506 e. The highest BCUT2D eigenvalue weighted by Crippen LogP contribution is 2.57. The molecule has 8 nitrogen and oxygen atoms in total. The Hall–Kier alpha value is -6.31. The van der Waals surface area contributed by atoms with Crippen molar-refractivity contribution in [1.82, 2.24) is 0 Å². The average Bonchev–Trinajstić information content (AvgIpc) is 3.08. The summed E-state index contributed by atoms with van der Waals surface area (Å²) in [4.78, 5) is 37.5. The molecule has 0 radical (unpaired) electrons. The van der Waals surface area contributed by atoms with Crippen LogP contribution in [0.5, 0.6) is 17.2 Å². The molecule has 0 saturated heterocycles. The van der Waals surface area contributed by atoms with Crippen LogP contribution in [-0.2, 0) is 10.2 Å². The van der Waals surface area contributed by atoms with E-state index in [1.807, 2.05) is 32.0 Å². The molecule has 0 aliphatic heterocycles. The molecule has 0 aromatic heterocycles. The first kappa shape index (κ1) is 38.9. The summed E-state index contributed by atoms with van der Waals surface area (Å²) in [5.74, 6) is -2.16. The molecule has 0 atom stereocenters. The van der Waals surface area contributed by atoms with E-state index < -0.39 is 52.1 Å². The van der Waals surface area contributed by atoms with Gasteiger partial charge in [-0.1, -0.05) is 30.3 Å². The number of phenolic OH excluding ortho intramolecular Hbond substituents is 1. The van der Waals surface area contributed by atoms with Crippen LogP contribution in [0.4, 0.5) is 43.4 Å². The summed E-state index contributed by atoms with van der Waals surface area (Å²) in [5, 5.41) is 17.7. The summed E-state index contributed by atoms with van der Waals surface area (Å²) in [6, 6.07) is 21.1. The van der Waals surface area contributed by atoms with Gasteiger partial charge in [-0.2, -0.15) is 26.3 Å². The molecule has 0 fully saturated rings. The van der Waals surface area contributed by atoms with E-state index in [-0.39, 0.29) is 28.5 Å². The summed E-state index contributed by atoms with van der Waals surface area (Å²) < 4.78 is 95.0. The Labute approximate surface area is 305 Å². The number of benzene rings is 5. The molecule has 5 rings (SSSR count). The zero-order valence-electron chi connectivity index (χ0n) is 29.2. The van der Waals surface area contributed by atoms with E-state index in [9.17, 15) is 45.8 Å². The molecule has 0 unspecified atom stereocenters. The van der Waals surface area contributed by atoms with Gasteiger partial charge in [0.15, 0.2) is 0 Å². The van der Waals surface area contributed by atoms with Crippen LogP contribution in [-0.4, -0.2) is 35.2 Å². The molecule has 4 N–H and O–H groups in total. The molecule has 0 aliphatic carbocycles. The second kappa shape index (κ2) is 15.0. The molecule has 280 valence electrons. The van der Waals surface area contributed by atoms with Crippen molar-refractivity contribution in [2.45, 2.75) is 45.5 Å². The van der Waals surface area contributed by atoms with E-state index in [1.165, 1.54) is 31.2 Å². The van der Waals surface area contributed by atoms with E-state index in [0.29, 0.717) is 47.3 Å². The topological polar surface area (TPSA) is 117 Å². The molecule has 0 saturated carbocycles. The fourth-order valence-corrected chi connectivity index (χ4v) is 5.78. The minimum Gasteiger partial charge on any atom is -0.506 e. The summed E-state index contributed by atoms with van der Waals surface area (Å²) in [5.41, 5.74) is -5.09. The number of anilines is 3. The van der Waals surface area contributed by atoms with Crippen molar-refractivity contribution < 1.29 is 50.6 Å². The van der Waals surface area contributed by atoms with Gasteiger partial charge in [-0.15, -0.1) is 0 Å². The number of aromatic hydroxyl groups is 1. The average molecular weight is 750 g/mol. The Morgan fingerprint density at radius 3 is 1.46 bits per heavy atom. The van der Waals surface area contributed by atoms with Crippen LogP contribution < -0.4 is 20.7 Å². The molecule has 0 aliphatic rings. The first-order chi connectivity index (χ1) is 25.3. The number of halogens is 6. The summed E-state index contributed by atoms with van der Waals surface area (Å²) in [6.45, 7) is 6.24. The monoisotopic (exact) mass is 749 g/mol. The lowest BCUT2D eigenvalue weighted by atomic mass is 9.72. The van der Waals surface area contributed by atoms with Crippen molar-refractivity contribution in [3.05, 3.63) is 142 Å². The fourth-order valence-electron chi connectivity index (χ4n) is 5.78. The van der Waals surface area contributed by atoms with Gasteiger partial charge >= 0.3 is 12.4 Å². The van der Waals surface area contributed by atoms with Gasteiger partial charge in [0, 0.05) is 29.4 Å². The zero-order chi connectivity index (χ0) is 39.6. The van der Waals surface area contributed by atoms with Crippen molar-refractivity contribution in [3.8, 4) is 17.2 Å². The summed E-state index contributed by atoms with van der Waals surface area (Å²) in [6.07, 6.45) is -12.0. The fraction of sp³-hybridized carbons (Fsp3) is 0.175. The maximum Gasteiger partial charge on any atom is 0.411 e. The normalized spacial score (nSPS) is 11.8. The molecule has 3 amide bonds. The van der Waals surface area contributed by atoms with Crippen molar-refractivity contribution >= 4 is 34.8 Å². The number of hydrogen-bond acceptors (Lipinski definition) is 5. The molecule has 0 bridgehead atoms. The highest BCUT2D eigenvalue weighted by molar-refractivity contribution is 6.05. The van der Waals surface area contributed by atoms with Crippen molar-refractivity contribution in [1.29, 1.82) is 0 Å². The number of nitrogens with one attached hydrogen (secondary N) is 3. The van der Waals surface area contributed by atoms with Crippen molar-refractivity contribution in [3.63, 3.8) is 0 Å². The van der Waals surface area contributed by atoms with Gasteiger partial charge in [0.1, 0.15) is 17.2 Å². The Balaban J connectivity index is 1.36. The molecule has 54 heavy (non-hydrogen) atoms. The molecule has 5 aromatic rings. The van der Waals surface area contributed by atoms with Crippen LogP contribution in [0.3, 0.4) is 0 Å². The third kappa shape index (κ3) is 8.02. The smallest absolute Gasteiger partial charge is 0.411 e. The highest BCUT2D eigenvalue weighted by atomic mass is 19.4. The zero-order valence-corrected chi connectivity index (χ0v) is 29.2. The minimum atomic E-state index is -5.98. The van der Waals surface area contributed by atoms with E-state index in [0.717, 1.165) is 24.1 Å². The van der Waals surface area contributed by atoms with E-state index in [2.05, 4.69) is 16.0 Å². The van der Waals surface area contributed by atoms with Crippen LogP contribution in [0.15, 0.2) is 103 Å². The number of aryl methyl sites for hydroxylation is 3. The Kier molecular flexibility index (Phi) is 10.8. The highest BCUT2D eigenvalue weighted by Gasteiger charge is 2.72. The number of phenols is 1. The van der Waals surface area contributed by atoms with Crippen LogP contribution in [0.25, 0.3) is 0 Å². The third-order valence-corrected chi connectivity index (χ3v) is 8.62. The second-order valence-electron chi connectivity index (χ2n) is 12.6. The van der Waals surface area contributed by atoms with E-state index in [4.69, 9.17) is 4.74 Å². The molecule has 0 spiro atoms. The molecule has 14 heteroatoms. The number of amides is 3. The number of ether oxygens (including phenoxy) is 1. The Morgan fingerprint density at radius 2 is 0.981 bits per heavy atom. The predicted molar refractivity (Wildman–Crippen MR) is 191 cm³/mol. The summed E-state index contributed by atoms with van der Waals surface area (Å²) >= 11 is 0. The van der Waals surface area contributed by atoms with Gasteiger partial charge in [0.05, 0.1) is 5.69 Å². The van der Waals surface area contributed by atoms with Crippen molar-refractivity contribution in [2.75, 3.05) is 16.0 Å². The SMILES string of the molecule is CC(=O)Nc1cc(C(c2ccc(O)c(NC(=O)c3ccc(Oc4ccc(C(=O)Nc5cc(C)ccc5C)cc4)cc3)c2)(C(F)(F)F)C(F)(F)F)ccc1C. The lowest BCUT2D eigenvalue weighted by Crippen LogP contribution is -2.54. The first-order valence-corrected chi connectivity index (χ1v) is 16.2. The molecule has 5 aromatic carbocycles. The van der Waals surface area contributed by atoms with E-state index in [1.54, 1.807) is 24.3 Å². The predicted octanol–water partition coefficient (Wildman–Crippen LogP) is 9.98. The van der Waals surface area contributed by atoms with Gasteiger partial charge in [-0.3, -0.25) is 14.4 Å². The Bertz CT molecular complexity index is 2200. The van der Waals surface area contributed by atoms with Crippen LogP contribution in [0.1, 0.15) is 55.5 Å². The number of carbonyl (C=O) groups excluding carboxylic acids is 3. The molecular weight excluding hydrogens is 716 g/mol. The molecule has 0 heterocycles. The quantitative estimate of drug-likeness (QED) is 0.0885. The number of alkyl halides is 6. The van der Waals surface area contributed by atoms with Gasteiger partial charge in [0.25, 0.3) is 11.8 Å². The lowest BCUT2D eigenvalue weighted by molar-refractivity contribution is -0.288. The minimum absolute atomic E-state index is 0.0676. The standard InChI is InChI=1S/C40H33F6N3O5/c1-22-5-6-23(2)32(19-22)48-36(52)26-8-14-30(15-9-26)54-31-16-10-27(11-17-31)37(53)49-34-21-29(13-18-35(34)51)38(39(41,42)43,40(44,45)46)28-12-7-24(3)33(20-28)47-25(4)50/h5-21,51H,1-4H3,(H,47,50)(H,48,52)(H,49,53). The summed E-state index contributed by atoms with van der Waals surface area (Å²) in [7, 11) is 0. The van der Waals surface area contributed by atoms with E-state index >= 15 is 0 Å². The van der Waals surface area contributed by atoms with Crippen molar-refractivity contribution in [2.24, 2.45) is 0 Å². The Morgan fingerprint density at radius 1 is 0.556 bits per heavy atom. The van der Waals surface area contributed by atoms with Gasteiger partial charge in [0.2, 0.25) is 11.3 Å². The lowest BCUT2D eigenvalue weighted by Gasteiger charge is -2.38. The second-order valence-corrected chi connectivity index (χ2v) is 12.6. The third-order valence-electron chi connectivity index (χ3n) is 8.62.